The zero-order valence-electron chi connectivity index (χ0n) is 9.71. The van der Waals surface area contributed by atoms with Crippen LogP contribution in [0.4, 0.5) is 0 Å². The Hall–Kier alpha value is -0.790. The van der Waals surface area contributed by atoms with Crippen molar-refractivity contribution in [2.24, 2.45) is 11.8 Å². The lowest BCUT2D eigenvalue weighted by Crippen LogP contribution is -2.04. The van der Waals surface area contributed by atoms with Crippen molar-refractivity contribution in [2.75, 3.05) is 0 Å². The fourth-order valence-electron chi connectivity index (χ4n) is 1.81. The van der Waals surface area contributed by atoms with Crippen LogP contribution in [0.2, 0.25) is 0 Å². The Morgan fingerprint density at radius 2 is 2.00 bits per heavy atom. The van der Waals surface area contributed by atoms with E-state index >= 15 is 0 Å². The van der Waals surface area contributed by atoms with Crippen molar-refractivity contribution in [1.29, 1.82) is 0 Å². The minimum absolute atomic E-state index is 0.368. The van der Waals surface area contributed by atoms with E-state index in [0.717, 1.165) is 6.42 Å². The van der Waals surface area contributed by atoms with E-state index in [1.54, 1.807) is 6.92 Å². The molecule has 0 aromatic heterocycles. The molecule has 0 spiro atoms. The molecule has 0 radical (unpaired) electrons. The average molecular weight is 198 g/mol. The predicted octanol–water partition coefficient (Wildman–Crippen LogP) is 3.48. The van der Waals surface area contributed by atoms with Crippen LogP contribution in [0.25, 0.3) is 0 Å². The lowest BCUT2D eigenvalue weighted by atomic mass is 9.92. The largest absolute Gasteiger partial charge is 0.478 e. The maximum absolute atomic E-state index is 10.6. The number of aliphatic carboxylic acids is 1. The summed E-state index contributed by atoms with van der Waals surface area (Å²) in [5.41, 5.74) is 0.459. The van der Waals surface area contributed by atoms with Crippen molar-refractivity contribution in [3.8, 4) is 0 Å². The third-order valence-corrected chi connectivity index (χ3v) is 2.43. The third-order valence-electron chi connectivity index (χ3n) is 2.43. The van der Waals surface area contributed by atoms with Gasteiger partial charge in [-0.15, -0.1) is 0 Å². The van der Waals surface area contributed by atoms with Gasteiger partial charge in [0.2, 0.25) is 0 Å². The smallest absolute Gasteiger partial charge is 0.330 e. The summed E-state index contributed by atoms with van der Waals surface area (Å²) in [4.78, 5) is 10.6. The Morgan fingerprint density at radius 1 is 1.43 bits per heavy atom. The fourth-order valence-corrected chi connectivity index (χ4v) is 1.81. The van der Waals surface area contributed by atoms with Gasteiger partial charge in [0, 0.05) is 5.57 Å². The lowest BCUT2D eigenvalue weighted by Gasteiger charge is -2.13. The summed E-state index contributed by atoms with van der Waals surface area (Å²) in [7, 11) is 0. The van der Waals surface area contributed by atoms with Gasteiger partial charge in [-0.3, -0.25) is 0 Å². The Balaban J connectivity index is 4.02. The molecule has 0 aromatic carbocycles. The highest BCUT2D eigenvalue weighted by molar-refractivity contribution is 5.85. The van der Waals surface area contributed by atoms with Gasteiger partial charge in [0.05, 0.1) is 0 Å². The van der Waals surface area contributed by atoms with Crippen molar-refractivity contribution in [3.63, 3.8) is 0 Å². The van der Waals surface area contributed by atoms with Crippen LogP contribution in [0.15, 0.2) is 11.6 Å². The van der Waals surface area contributed by atoms with Crippen molar-refractivity contribution in [1.82, 2.24) is 0 Å². The summed E-state index contributed by atoms with van der Waals surface area (Å²) in [6.07, 6.45) is 5.37. The van der Waals surface area contributed by atoms with Gasteiger partial charge in [-0.25, -0.2) is 4.79 Å². The van der Waals surface area contributed by atoms with Gasteiger partial charge in [0.1, 0.15) is 0 Å². The quantitative estimate of drug-likeness (QED) is 0.663. The maximum atomic E-state index is 10.6. The van der Waals surface area contributed by atoms with Crippen molar-refractivity contribution in [2.45, 2.75) is 47.0 Å². The first-order valence-corrected chi connectivity index (χ1v) is 5.39. The first kappa shape index (κ1) is 13.2. The van der Waals surface area contributed by atoms with E-state index in [9.17, 15) is 4.79 Å². The summed E-state index contributed by atoms with van der Waals surface area (Å²) in [6.45, 7) is 8.14. The van der Waals surface area contributed by atoms with Gasteiger partial charge in [-0.1, -0.05) is 39.7 Å². The Labute approximate surface area is 87.0 Å². The van der Waals surface area contributed by atoms with Crippen LogP contribution >= 0.6 is 0 Å². The topological polar surface area (TPSA) is 37.3 Å². The third kappa shape index (κ3) is 5.79. The Bertz CT molecular complexity index is 206. The van der Waals surface area contributed by atoms with E-state index < -0.39 is 5.97 Å². The Kier molecular flexibility index (Phi) is 6.26. The van der Waals surface area contributed by atoms with E-state index in [1.165, 1.54) is 12.8 Å². The van der Waals surface area contributed by atoms with E-state index in [2.05, 4.69) is 20.8 Å². The fraction of sp³-hybridized carbons (Fsp3) is 0.750. The minimum Gasteiger partial charge on any atom is -0.478 e. The molecule has 2 atom stereocenters. The van der Waals surface area contributed by atoms with Crippen LogP contribution in [0.1, 0.15) is 47.0 Å². The molecule has 1 N–H and O–H groups in total. The monoisotopic (exact) mass is 198 g/mol. The molecule has 0 fully saturated rings. The molecule has 2 nitrogen and oxygen atoms in total. The van der Waals surface area contributed by atoms with E-state index in [4.69, 9.17) is 5.11 Å². The molecule has 0 aliphatic rings. The summed E-state index contributed by atoms with van der Waals surface area (Å²) in [5, 5.41) is 8.70. The zero-order valence-corrected chi connectivity index (χ0v) is 9.71. The second-order valence-electron chi connectivity index (χ2n) is 4.26. The first-order chi connectivity index (χ1) is 6.47. The number of allylic oxidation sites excluding steroid dienone is 1. The second kappa shape index (κ2) is 6.63. The van der Waals surface area contributed by atoms with E-state index in [0.29, 0.717) is 17.4 Å². The molecule has 0 saturated heterocycles. The second-order valence-corrected chi connectivity index (χ2v) is 4.26. The van der Waals surface area contributed by atoms with Gasteiger partial charge in [0.15, 0.2) is 0 Å². The minimum atomic E-state index is -0.806. The molecule has 0 amide bonds. The molecule has 14 heavy (non-hydrogen) atoms. The molecule has 0 saturated carbocycles. The van der Waals surface area contributed by atoms with Crippen LogP contribution in [0.3, 0.4) is 0 Å². The number of carboxylic acids is 1. The van der Waals surface area contributed by atoms with Crippen molar-refractivity contribution >= 4 is 5.97 Å². The summed E-state index contributed by atoms with van der Waals surface area (Å²) >= 11 is 0. The van der Waals surface area contributed by atoms with Crippen LogP contribution < -0.4 is 0 Å². The van der Waals surface area contributed by atoms with Gasteiger partial charge in [-0.2, -0.15) is 0 Å². The standard InChI is InChI=1S/C12H22O2/c1-5-6-9(2)7-10(3)8-11(4)12(13)14/h8-10H,5-7H2,1-4H3,(H,13,14). The van der Waals surface area contributed by atoms with Gasteiger partial charge in [0.25, 0.3) is 0 Å². The van der Waals surface area contributed by atoms with Crippen molar-refractivity contribution in [3.05, 3.63) is 11.6 Å². The molecular weight excluding hydrogens is 176 g/mol. The molecule has 0 aliphatic heterocycles. The molecule has 0 aromatic rings. The molecule has 0 heterocycles. The number of hydrogen-bond donors (Lipinski definition) is 1. The number of rotatable bonds is 6. The SMILES string of the molecule is CCCC(C)CC(C)C=C(C)C(=O)O. The zero-order chi connectivity index (χ0) is 11.1. The highest BCUT2D eigenvalue weighted by Crippen LogP contribution is 2.18. The molecule has 0 rings (SSSR count). The predicted molar refractivity (Wildman–Crippen MR) is 59.2 cm³/mol. The van der Waals surface area contributed by atoms with Crippen LogP contribution in [-0.2, 0) is 4.79 Å². The highest BCUT2D eigenvalue weighted by atomic mass is 16.4. The summed E-state index contributed by atoms with van der Waals surface area (Å²) in [5.74, 6) is 0.250. The van der Waals surface area contributed by atoms with E-state index in [-0.39, 0.29) is 0 Å². The average Bonchev–Trinajstić information content (AvgIpc) is 2.03. The number of carbonyl (C=O) groups is 1. The summed E-state index contributed by atoms with van der Waals surface area (Å²) in [6, 6.07) is 0. The first-order valence-electron chi connectivity index (χ1n) is 5.39. The highest BCUT2D eigenvalue weighted by Gasteiger charge is 2.08. The van der Waals surface area contributed by atoms with Crippen molar-refractivity contribution < 1.29 is 9.90 Å². The molecule has 0 aliphatic carbocycles. The van der Waals surface area contributed by atoms with Crippen LogP contribution in [0.5, 0.6) is 0 Å². The van der Waals surface area contributed by atoms with Gasteiger partial charge < -0.3 is 5.11 Å². The lowest BCUT2D eigenvalue weighted by molar-refractivity contribution is -0.132. The Morgan fingerprint density at radius 3 is 2.43 bits per heavy atom. The van der Waals surface area contributed by atoms with Gasteiger partial charge >= 0.3 is 5.97 Å². The summed E-state index contributed by atoms with van der Waals surface area (Å²) < 4.78 is 0. The van der Waals surface area contributed by atoms with Crippen LogP contribution in [0, 0.1) is 11.8 Å². The number of hydrogen-bond acceptors (Lipinski definition) is 1. The molecule has 0 bridgehead atoms. The maximum Gasteiger partial charge on any atom is 0.330 e. The normalized spacial score (nSPS) is 16.4. The van der Waals surface area contributed by atoms with E-state index in [1.807, 2.05) is 6.08 Å². The van der Waals surface area contributed by atoms with Gasteiger partial charge in [-0.05, 0) is 25.2 Å². The molecule has 2 unspecified atom stereocenters. The molecule has 82 valence electrons. The molecular formula is C12H22O2. The number of carboxylic acid groups (broad SMARTS) is 1. The van der Waals surface area contributed by atoms with Crippen LogP contribution in [-0.4, -0.2) is 11.1 Å². The molecule has 2 heteroatoms.